The zero-order chi connectivity index (χ0) is 17.5. The minimum atomic E-state index is -0.465. The molecule has 0 radical (unpaired) electrons. The number of hydrogen-bond donors (Lipinski definition) is 1. The number of rotatable bonds is 8. The van der Waals surface area contributed by atoms with Crippen molar-refractivity contribution in [3.05, 3.63) is 23.8 Å². The van der Waals surface area contributed by atoms with Crippen LogP contribution in [-0.4, -0.2) is 55.6 Å². The molecule has 0 unspecified atom stereocenters. The number of nitrogens with zero attached hydrogens (tertiary/aromatic N) is 1. The summed E-state index contributed by atoms with van der Waals surface area (Å²) >= 11 is 0. The van der Waals surface area contributed by atoms with Crippen molar-refractivity contribution in [2.24, 2.45) is 0 Å². The van der Waals surface area contributed by atoms with Gasteiger partial charge in [0.05, 0.1) is 33.5 Å². The Kier molecular flexibility index (Phi) is 7.34. The molecule has 0 amide bonds. The maximum atomic E-state index is 10.3. The summed E-state index contributed by atoms with van der Waals surface area (Å²) in [4.78, 5) is 2.40. The summed E-state index contributed by atoms with van der Waals surface area (Å²) in [5, 5.41) is 10.3. The van der Waals surface area contributed by atoms with Gasteiger partial charge in [-0.2, -0.15) is 0 Å². The largest absolute Gasteiger partial charge is 0.493 e. The average Bonchev–Trinajstić information content (AvgIpc) is 2.58. The molecule has 0 aliphatic carbocycles. The standard InChI is InChI=1S/C19H31NO4/c1-14-6-5-7-15(2)20(14)11-17(21)13-24-12-16-8-9-18(22-3)19(10-16)23-4/h8-10,14-15,17,21H,5-7,11-13H2,1-4H3/t14-,15-,17-/m0/s1. The lowest BCUT2D eigenvalue weighted by Crippen LogP contribution is -2.48. The van der Waals surface area contributed by atoms with Crippen LogP contribution in [0.2, 0.25) is 0 Å². The van der Waals surface area contributed by atoms with E-state index in [-0.39, 0.29) is 0 Å². The lowest BCUT2D eigenvalue weighted by Gasteiger charge is -2.40. The first-order valence-corrected chi connectivity index (χ1v) is 8.77. The number of aliphatic hydroxyl groups excluding tert-OH is 1. The Morgan fingerprint density at radius 3 is 2.42 bits per heavy atom. The van der Waals surface area contributed by atoms with Crippen molar-refractivity contribution in [2.75, 3.05) is 27.4 Å². The zero-order valence-electron chi connectivity index (χ0n) is 15.3. The van der Waals surface area contributed by atoms with Gasteiger partial charge in [-0.05, 0) is 44.4 Å². The fourth-order valence-electron chi connectivity index (χ4n) is 3.41. The summed E-state index contributed by atoms with van der Waals surface area (Å²) in [5.41, 5.74) is 1.000. The highest BCUT2D eigenvalue weighted by Gasteiger charge is 2.26. The van der Waals surface area contributed by atoms with Crippen LogP contribution in [0.1, 0.15) is 38.7 Å². The van der Waals surface area contributed by atoms with Gasteiger partial charge in [-0.3, -0.25) is 4.90 Å². The van der Waals surface area contributed by atoms with Crippen molar-refractivity contribution < 1.29 is 19.3 Å². The molecule has 0 bridgehead atoms. The van der Waals surface area contributed by atoms with E-state index in [4.69, 9.17) is 14.2 Å². The molecule has 1 aliphatic rings. The van der Waals surface area contributed by atoms with Crippen LogP contribution in [0.25, 0.3) is 0 Å². The number of ether oxygens (including phenoxy) is 3. The first-order valence-electron chi connectivity index (χ1n) is 8.77. The fourth-order valence-corrected chi connectivity index (χ4v) is 3.41. The maximum absolute atomic E-state index is 10.3. The van der Waals surface area contributed by atoms with Gasteiger partial charge in [0.15, 0.2) is 11.5 Å². The van der Waals surface area contributed by atoms with Gasteiger partial charge in [-0.15, -0.1) is 0 Å². The molecule has 2 rings (SSSR count). The van der Waals surface area contributed by atoms with Crippen LogP contribution in [-0.2, 0) is 11.3 Å². The second-order valence-corrected chi connectivity index (χ2v) is 6.68. The van der Waals surface area contributed by atoms with Gasteiger partial charge < -0.3 is 19.3 Å². The molecule has 0 aromatic heterocycles. The molecule has 1 aromatic carbocycles. The minimum absolute atomic E-state index is 0.338. The molecule has 3 atom stereocenters. The molecular weight excluding hydrogens is 306 g/mol. The lowest BCUT2D eigenvalue weighted by molar-refractivity contribution is -0.0135. The Labute approximate surface area is 145 Å². The molecule has 1 heterocycles. The number of likely N-dealkylation sites (tertiary alicyclic amines) is 1. The fraction of sp³-hybridized carbons (Fsp3) is 0.684. The summed E-state index contributed by atoms with van der Waals surface area (Å²) < 4.78 is 16.2. The van der Waals surface area contributed by atoms with Crippen LogP contribution < -0.4 is 9.47 Å². The number of piperidine rings is 1. The third-order valence-electron chi connectivity index (χ3n) is 4.82. The van der Waals surface area contributed by atoms with E-state index in [0.29, 0.717) is 43.3 Å². The summed E-state index contributed by atoms with van der Waals surface area (Å²) in [6, 6.07) is 6.79. The first kappa shape index (κ1) is 19.0. The summed E-state index contributed by atoms with van der Waals surface area (Å²) in [6.07, 6.45) is 3.24. The van der Waals surface area contributed by atoms with E-state index in [0.717, 1.165) is 5.56 Å². The molecule has 136 valence electrons. The topological polar surface area (TPSA) is 51.2 Å². The van der Waals surface area contributed by atoms with Crippen LogP contribution in [0.5, 0.6) is 11.5 Å². The molecule has 1 saturated heterocycles. The SMILES string of the molecule is COc1ccc(COC[C@@H](O)CN2[C@@H](C)CCC[C@@H]2C)cc1OC. The molecule has 1 aliphatic heterocycles. The van der Waals surface area contributed by atoms with Gasteiger partial charge in [0.2, 0.25) is 0 Å². The molecule has 5 nitrogen and oxygen atoms in total. The highest BCUT2D eigenvalue weighted by Crippen LogP contribution is 2.28. The second-order valence-electron chi connectivity index (χ2n) is 6.68. The van der Waals surface area contributed by atoms with Crippen LogP contribution in [0.15, 0.2) is 18.2 Å². The van der Waals surface area contributed by atoms with Crippen LogP contribution in [0.4, 0.5) is 0 Å². The van der Waals surface area contributed by atoms with E-state index >= 15 is 0 Å². The number of β-amino-alcohol motifs (C(OH)–C–C–N with tert-alkyl or cyclic N) is 1. The van der Waals surface area contributed by atoms with Crippen molar-refractivity contribution in [2.45, 2.75) is 57.9 Å². The van der Waals surface area contributed by atoms with Crippen molar-refractivity contribution in [3.63, 3.8) is 0 Å². The number of aliphatic hydroxyl groups is 1. The number of benzene rings is 1. The number of methoxy groups -OCH3 is 2. The molecule has 0 spiro atoms. The highest BCUT2D eigenvalue weighted by atomic mass is 16.5. The highest BCUT2D eigenvalue weighted by molar-refractivity contribution is 5.42. The van der Waals surface area contributed by atoms with Crippen molar-refractivity contribution in [1.29, 1.82) is 0 Å². The van der Waals surface area contributed by atoms with E-state index < -0.39 is 6.10 Å². The number of hydrogen-bond acceptors (Lipinski definition) is 5. The third-order valence-corrected chi connectivity index (χ3v) is 4.82. The Morgan fingerprint density at radius 2 is 1.79 bits per heavy atom. The summed E-state index contributed by atoms with van der Waals surface area (Å²) in [7, 11) is 3.24. The Balaban J connectivity index is 1.79. The molecule has 1 N–H and O–H groups in total. The molecular formula is C19H31NO4. The van der Waals surface area contributed by atoms with Gasteiger partial charge in [0.25, 0.3) is 0 Å². The Hall–Kier alpha value is -1.30. The van der Waals surface area contributed by atoms with Crippen LogP contribution >= 0.6 is 0 Å². The second kappa shape index (κ2) is 9.25. The molecule has 0 saturated carbocycles. The Bertz CT molecular complexity index is 498. The quantitative estimate of drug-likeness (QED) is 0.790. The molecule has 1 fully saturated rings. The zero-order valence-corrected chi connectivity index (χ0v) is 15.3. The molecule has 1 aromatic rings. The van der Waals surface area contributed by atoms with E-state index in [2.05, 4.69) is 18.7 Å². The normalized spacial score (nSPS) is 23.0. The van der Waals surface area contributed by atoms with Crippen molar-refractivity contribution >= 4 is 0 Å². The van der Waals surface area contributed by atoms with Gasteiger partial charge >= 0.3 is 0 Å². The predicted octanol–water partition coefficient (Wildman–Crippen LogP) is 2.84. The monoisotopic (exact) mass is 337 g/mol. The van der Waals surface area contributed by atoms with Gasteiger partial charge in [-0.25, -0.2) is 0 Å². The Morgan fingerprint density at radius 1 is 1.12 bits per heavy atom. The third kappa shape index (κ3) is 5.10. The van der Waals surface area contributed by atoms with Gasteiger partial charge in [0.1, 0.15) is 0 Å². The first-order chi connectivity index (χ1) is 11.5. The van der Waals surface area contributed by atoms with E-state index in [1.807, 2.05) is 18.2 Å². The van der Waals surface area contributed by atoms with E-state index in [1.54, 1.807) is 14.2 Å². The van der Waals surface area contributed by atoms with Crippen LogP contribution in [0.3, 0.4) is 0 Å². The van der Waals surface area contributed by atoms with E-state index in [9.17, 15) is 5.11 Å². The summed E-state index contributed by atoms with van der Waals surface area (Å²) in [6.45, 7) is 5.95. The average molecular weight is 337 g/mol. The smallest absolute Gasteiger partial charge is 0.161 e. The lowest BCUT2D eigenvalue weighted by atomic mass is 9.97. The molecule has 5 heteroatoms. The minimum Gasteiger partial charge on any atom is -0.493 e. The predicted molar refractivity (Wildman–Crippen MR) is 94.7 cm³/mol. The van der Waals surface area contributed by atoms with Crippen molar-refractivity contribution in [3.8, 4) is 11.5 Å². The maximum Gasteiger partial charge on any atom is 0.161 e. The van der Waals surface area contributed by atoms with Crippen LogP contribution in [0, 0.1) is 0 Å². The summed E-state index contributed by atoms with van der Waals surface area (Å²) in [5.74, 6) is 1.39. The van der Waals surface area contributed by atoms with Gasteiger partial charge in [-0.1, -0.05) is 12.5 Å². The molecule has 24 heavy (non-hydrogen) atoms. The van der Waals surface area contributed by atoms with E-state index in [1.165, 1.54) is 19.3 Å². The van der Waals surface area contributed by atoms with Gasteiger partial charge in [0, 0.05) is 18.6 Å². The van der Waals surface area contributed by atoms with Crippen molar-refractivity contribution in [1.82, 2.24) is 4.90 Å².